The minimum absolute atomic E-state index is 0.101. The number of imidazole rings is 1. The topological polar surface area (TPSA) is 61.9 Å². The molecule has 3 rings (SSSR count). The van der Waals surface area contributed by atoms with E-state index in [4.69, 9.17) is 0 Å². The molecule has 0 saturated carbocycles. The van der Waals surface area contributed by atoms with Crippen molar-refractivity contribution in [1.82, 2.24) is 14.5 Å². The lowest BCUT2D eigenvalue weighted by molar-refractivity contribution is -0.135. The number of aromatic nitrogens is 2. The summed E-state index contributed by atoms with van der Waals surface area (Å²) in [6.07, 6.45) is 4.98. The summed E-state index contributed by atoms with van der Waals surface area (Å²) in [5, 5.41) is 9.81. The molecule has 1 saturated heterocycles. The van der Waals surface area contributed by atoms with E-state index in [0.29, 0.717) is 25.9 Å². The number of rotatable bonds is 4. The predicted molar refractivity (Wildman–Crippen MR) is 101 cm³/mol. The van der Waals surface area contributed by atoms with Crippen molar-refractivity contribution in [3.8, 4) is 6.07 Å². The van der Waals surface area contributed by atoms with Crippen molar-refractivity contribution in [3.63, 3.8) is 0 Å². The summed E-state index contributed by atoms with van der Waals surface area (Å²) in [5.41, 5.74) is 0.568. The lowest BCUT2D eigenvalue weighted by Crippen LogP contribution is -2.46. The van der Waals surface area contributed by atoms with Gasteiger partial charge in [-0.3, -0.25) is 4.79 Å². The number of piperidine rings is 1. The molecule has 2 heterocycles. The molecule has 0 bridgehead atoms. The first-order valence-corrected chi connectivity index (χ1v) is 9.27. The highest BCUT2D eigenvalue weighted by Gasteiger charge is 2.38. The molecule has 1 aromatic carbocycles. The van der Waals surface area contributed by atoms with Gasteiger partial charge in [0.25, 0.3) is 0 Å². The number of amides is 1. The molecule has 5 nitrogen and oxygen atoms in total. The van der Waals surface area contributed by atoms with Gasteiger partial charge in [-0.05, 0) is 25.3 Å². The number of hydrogen-bond donors (Lipinski definition) is 0. The van der Waals surface area contributed by atoms with Gasteiger partial charge in [0, 0.05) is 31.4 Å². The van der Waals surface area contributed by atoms with Crippen LogP contribution in [0, 0.1) is 11.3 Å². The van der Waals surface area contributed by atoms with Gasteiger partial charge >= 0.3 is 0 Å². The molecular weight excluding hydrogens is 324 g/mol. The Labute approximate surface area is 155 Å². The van der Waals surface area contributed by atoms with Crippen molar-refractivity contribution in [2.75, 3.05) is 13.1 Å². The summed E-state index contributed by atoms with van der Waals surface area (Å²) in [6, 6.07) is 12.2. The van der Waals surface area contributed by atoms with Crippen LogP contribution in [0.1, 0.15) is 57.0 Å². The lowest BCUT2D eigenvalue weighted by atomic mass is 9.74. The molecule has 1 amide bonds. The van der Waals surface area contributed by atoms with Gasteiger partial charge in [-0.25, -0.2) is 4.98 Å². The molecule has 26 heavy (non-hydrogen) atoms. The Morgan fingerprint density at radius 2 is 1.85 bits per heavy atom. The largest absolute Gasteiger partial charge is 0.341 e. The van der Waals surface area contributed by atoms with Crippen LogP contribution in [-0.4, -0.2) is 33.4 Å². The van der Waals surface area contributed by atoms with E-state index in [-0.39, 0.29) is 17.9 Å². The molecule has 0 radical (unpaired) electrons. The molecule has 0 aliphatic carbocycles. The van der Waals surface area contributed by atoms with Crippen LogP contribution in [0.15, 0.2) is 42.7 Å². The first-order valence-electron chi connectivity index (χ1n) is 9.27. The summed E-state index contributed by atoms with van der Waals surface area (Å²) in [7, 11) is 0. The summed E-state index contributed by atoms with van der Waals surface area (Å²) in [4.78, 5) is 19.3. The van der Waals surface area contributed by atoms with E-state index in [2.05, 4.69) is 24.9 Å². The number of carbonyl (C=O) groups is 1. The SMILES string of the molecule is CC(C)c1nccn1[C@@H](C)C(=O)N1CCC(C#N)(c2ccccc2)CC1. The highest BCUT2D eigenvalue weighted by molar-refractivity contribution is 5.80. The van der Waals surface area contributed by atoms with Crippen LogP contribution in [0.2, 0.25) is 0 Å². The Morgan fingerprint density at radius 3 is 2.42 bits per heavy atom. The van der Waals surface area contributed by atoms with Gasteiger partial charge in [0.05, 0.1) is 11.5 Å². The molecule has 1 aliphatic rings. The Balaban J connectivity index is 1.72. The van der Waals surface area contributed by atoms with Crippen LogP contribution in [0.4, 0.5) is 0 Å². The molecule has 0 unspecified atom stereocenters. The van der Waals surface area contributed by atoms with Gasteiger partial charge in [-0.1, -0.05) is 44.2 Å². The quantitative estimate of drug-likeness (QED) is 0.845. The van der Waals surface area contributed by atoms with E-state index >= 15 is 0 Å². The van der Waals surface area contributed by atoms with Gasteiger partial charge in [0.15, 0.2) is 0 Å². The highest BCUT2D eigenvalue weighted by Crippen LogP contribution is 2.35. The molecule has 1 fully saturated rings. The van der Waals surface area contributed by atoms with Crippen molar-refractivity contribution >= 4 is 5.91 Å². The van der Waals surface area contributed by atoms with E-state index in [1.54, 1.807) is 6.20 Å². The normalized spacial score (nSPS) is 17.7. The standard InChI is InChI=1S/C21H26N4O/c1-16(2)19-23-11-14-25(19)17(3)20(26)24-12-9-21(15-22,10-13-24)18-7-5-4-6-8-18/h4-8,11,14,16-17H,9-10,12-13H2,1-3H3/t17-/m0/s1. The van der Waals surface area contributed by atoms with Gasteiger partial charge in [0.2, 0.25) is 5.91 Å². The second kappa shape index (κ2) is 7.33. The number of hydrogen-bond acceptors (Lipinski definition) is 3. The monoisotopic (exact) mass is 350 g/mol. The second-order valence-corrected chi connectivity index (χ2v) is 7.41. The molecule has 0 spiro atoms. The minimum Gasteiger partial charge on any atom is -0.341 e. The fourth-order valence-corrected chi connectivity index (χ4v) is 3.81. The Kier molecular flexibility index (Phi) is 5.13. The summed E-state index contributed by atoms with van der Waals surface area (Å²) < 4.78 is 1.97. The number of carbonyl (C=O) groups excluding carboxylic acids is 1. The Morgan fingerprint density at radius 1 is 1.19 bits per heavy atom. The fraction of sp³-hybridized carbons (Fsp3) is 0.476. The van der Waals surface area contributed by atoms with E-state index in [0.717, 1.165) is 11.4 Å². The first kappa shape index (κ1) is 18.2. The van der Waals surface area contributed by atoms with Gasteiger partial charge in [-0.15, -0.1) is 0 Å². The Hall–Kier alpha value is -2.61. The van der Waals surface area contributed by atoms with Gasteiger partial charge in [0.1, 0.15) is 11.9 Å². The van der Waals surface area contributed by atoms with Crippen LogP contribution in [0.5, 0.6) is 0 Å². The zero-order chi connectivity index (χ0) is 18.7. The predicted octanol–water partition coefficient (Wildman–Crippen LogP) is 3.65. The maximum Gasteiger partial charge on any atom is 0.245 e. The van der Waals surface area contributed by atoms with E-state index < -0.39 is 5.41 Å². The summed E-state index contributed by atoms with van der Waals surface area (Å²) in [6.45, 7) is 7.31. The van der Waals surface area contributed by atoms with Crippen LogP contribution < -0.4 is 0 Å². The van der Waals surface area contributed by atoms with E-state index in [1.165, 1.54) is 0 Å². The fourth-order valence-electron chi connectivity index (χ4n) is 3.81. The average molecular weight is 350 g/mol. The zero-order valence-corrected chi connectivity index (χ0v) is 15.7. The van der Waals surface area contributed by atoms with Crippen LogP contribution >= 0.6 is 0 Å². The van der Waals surface area contributed by atoms with Crippen LogP contribution in [-0.2, 0) is 10.2 Å². The summed E-state index contributed by atoms with van der Waals surface area (Å²) in [5.74, 6) is 1.30. The van der Waals surface area contributed by atoms with Crippen molar-refractivity contribution in [2.45, 2.75) is 51.0 Å². The number of nitrogens with zero attached hydrogens (tertiary/aromatic N) is 4. The molecule has 2 aromatic rings. The van der Waals surface area contributed by atoms with Crippen molar-refractivity contribution in [3.05, 3.63) is 54.1 Å². The van der Waals surface area contributed by atoms with E-state index in [9.17, 15) is 10.1 Å². The van der Waals surface area contributed by atoms with Crippen molar-refractivity contribution in [1.29, 1.82) is 5.26 Å². The van der Waals surface area contributed by atoms with Gasteiger partial charge < -0.3 is 9.47 Å². The van der Waals surface area contributed by atoms with Gasteiger partial charge in [-0.2, -0.15) is 5.26 Å². The molecule has 136 valence electrons. The molecule has 1 atom stereocenters. The Bertz CT molecular complexity index is 795. The third-order valence-electron chi connectivity index (χ3n) is 5.46. The van der Waals surface area contributed by atoms with Crippen molar-refractivity contribution < 1.29 is 4.79 Å². The zero-order valence-electron chi connectivity index (χ0n) is 15.7. The smallest absolute Gasteiger partial charge is 0.245 e. The number of likely N-dealkylation sites (tertiary alicyclic amines) is 1. The third kappa shape index (κ3) is 3.24. The molecule has 1 aromatic heterocycles. The second-order valence-electron chi connectivity index (χ2n) is 7.41. The minimum atomic E-state index is -0.487. The van der Waals surface area contributed by atoms with E-state index in [1.807, 2.05) is 52.9 Å². The molecular formula is C21H26N4O. The maximum absolute atomic E-state index is 13.0. The van der Waals surface area contributed by atoms with Crippen LogP contribution in [0.3, 0.4) is 0 Å². The highest BCUT2D eigenvalue weighted by atomic mass is 16.2. The molecule has 5 heteroatoms. The lowest BCUT2D eigenvalue weighted by Gasteiger charge is -2.38. The summed E-state index contributed by atoms with van der Waals surface area (Å²) >= 11 is 0. The third-order valence-corrected chi connectivity index (χ3v) is 5.46. The average Bonchev–Trinajstić information content (AvgIpc) is 3.18. The number of nitriles is 1. The van der Waals surface area contributed by atoms with Crippen molar-refractivity contribution in [2.24, 2.45) is 0 Å². The number of benzene rings is 1. The van der Waals surface area contributed by atoms with Crippen LogP contribution in [0.25, 0.3) is 0 Å². The first-order chi connectivity index (χ1) is 12.5. The molecule has 0 N–H and O–H groups in total. The molecule has 1 aliphatic heterocycles. The maximum atomic E-state index is 13.0.